The van der Waals surface area contributed by atoms with Crippen LogP contribution < -0.4 is 4.74 Å². The Kier molecular flexibility index (Phi) is 3.17. The highest BCUT2D eigenvalue weighted by Crippen LogP contribution is 2.29. The van der Waals surface area contributed by atoms with E-state index in [0.29, 0.717) is 11.1 Å². The van der Waals surface area contributed by atoms with E-state index in [2.05, 4.69) is 4.98 Å². The number of hydrogen-bond donors (Lipinski definition) is 0. The predicted molar refractivity (Wildman–Crippen MR) is 75.4 cm³/mol. The number of hydrogen-bond acceptors (Lipinski definition) is 3. The van der Waals surface area contributed by atoms with Gasteiger partial charge in [-0.2, -0.15) is 0 Å². The van der Waals surface area contributed by atoms with Crippen LogP contribution >= 0.6 is 22.9 Å². The lowest BCUT2D eigenvalue weighted by Gasteiger charge is -2.05. The molecule has 0 aliphatic carbocycles. The normalized spacial score (nSPS) is 10.7. The number of thiazole rings is 1. The second-order valence-corrected chi connectivity index (χ2v) is 5.48. The Balaban J connectivity index is 1.78. The van der Waals surface area contributed by atoms with Gasteiger partial charge in [-0.3, -0.25) is 0 Å². The molecule has 0 saturated heterocycles. The molecule has 2 aromatic carbocycles. The minimum Gasteiger partial charge on any atom is -0.489 e. The maximum Gasteiger partial charge on any atom is 0.184 e. The molecule has 0 amide bonds. The molecule has 3 rings (SSSR count). The van der Waals surface area contributed by atoms with Crippen LogP contribution in [0.4, 0.5) is 0 Å². The molecule has 90 valence electrons. The lowest BCUT2D eigenvalue weighted by molar-refractivity contribution is 0.306. The summed E-state index contributed by atoms with van der Waals surface area (Å²) in [5.74, 6) is 0.840. The second-order valence-electron chi connectivity index (χ2n) is 3.87. The van der Waals surface area contributed by atoms with Crippen molar-refractivity contribution in [3.63, 3.8) is 0 Å². The van der Waals surface area contributed by atoms with E-state index in [1.54, 1.807) is 0 Å². The van der Waals surface area contributed by atoms with Gasteiger partial charge in [-0.05, 0) is 23.8 Å². The fraction of sp³-hybridized carbons (Fsp3) is 0.0714. The van der Waals surface area contributed by atoms with Gasteiger partial charge in [0.05, 0.1) is 10.2 Å². The van der Waals surface area contributed by atoms with E-state index in [-0.39, 0.29) is 0 Å². The van der Waals surface area contributed by atoms with E-state index < -0.39 is 0 Å². The summed E-state index contributed by atoms with van der Waals surface area (Å²) in [5, 5.41) is 0. The highest BCUT2D eigenvalue weighted by Gasteiger charge is 2.03. The van der Waals surface area contributed by atoms with Crippen LogP contribution in [0.25, 0.3) is 10.2 Å². The van der Waals surface area contributed by atoms with E-state index in [1.165, 1.54) is 11.3 Å². The zero-order valence-corrected chi connectivity index (χ0v) is 11.0. The maximum absolute atomic E-state index is 5.87. The van der Waals surface area contributed by atoms with E-state index in [4.69, 9.17) is 16.3 Å². The second kappa shape index (κ2) is 4.96. The summed E-state index contributed by atoms with van der Waals surface area (Å²) in [5.41, 5.74) is 2.07. The molecule has 0 fully saturated rings. The number of rotatable bonds is 3. The van der Waals surface area contributed by atoms with Crippen LogP contribution in [0.5, 0.6) is 5.75 Å². The van der Waals surface area contributed by atoms with Crippen LogP contribution in [0.15, 0.2) is 48.5 Å². The van der Waals surface area contributed by atoms with E-state index >= 15 is 0 Å². The standard InChI is InChI=1S/C14H10ClNOS/c15-14-16-12-7-6-11(8-13(12)18-14)17-9-10-4-2-1-3-5-10/h1-8H,9H2. The van der Waals surface area contributed by atoms with E-state index in [9.17, 15) is 0 Å². The smallest absolute Gasteiger partial charge is 0.184 e. The third-order valence-electron chi connectivity index (χ3n) is 2.58. The third kappa shape index (κ3) is 2.47. The molecule has 1 heterocycles. The zero-order valence-electron chi connectivity index (χ0n) is 9.47. The monoisotopic (exact) mass is 275 g/mol. The molecule has 0 bridgehead atoms. The van der Waals surface area contributed by atoms with Crippen LogP contribution in [0.2, 0.25) is 4.47 Å². The average Bonchev–Trinajstić information content (AvgIpc) is 2.77. The molecule has 0 unspecified atom stereocenters. The van der Waals surface area contributed by atoms with Gasteiger partial charge in [-0.1, -0.05) is 41.9 Å². The minimum absolute atomic E-state index is 0.560. The summed E-state index contributed by atoms with van der Waals surface area (Å²) in [6, 6.07) is 15.9. The van der Waals surface area contributed by atoms with Crippen LogP contribution in [0, 0.1) is 0 Å². The Morgan fingerprint density at radius 1 is 1.11 bits per heavy atom. The van der Waals surface area contributed by atoms with Crippen molar-refractivity contribution in [2.24, 2.45) is 0 Å². The Hall–Kier alpha value is -1.58. The first-order valence-electron chi connectivity index (χ1n) is 5.54. The minimum atomic E-state index is 0.560. The highest BCUT2D eigenvalue weighted by molar-refractivity contribution is 7.22. The van der Waals surface area contributed by atoms with Crippen molar-refractivity contribution in [3.8, 4) is 5.75 Å². The van der Waals surface area contributed by atoms with Crippen molar-refractivity contribution >= 4 is 33.2 Å². The lowest BCUT2D eigenvalue weighted by Crippen LogP contribution is -1.94. The van der Waals surface area contributed by atoms with Crippen molar-refractivity contribution in [1.82, 2.24) is 4.98 Å². The first-order valence-corrected chi connectivity index (χ1v) is 6.73. The molecule has 0 N–H and O–H groups in total. The summed E-state index contributed by atoms with van der Waals surface area (Å²) in [6.45, 7) is 0.568. The topological polar surface area (TPSA) is 22.1 Å². The molecule has 0 saturated carbocycles. The van der Waals surface area contributed by atoms with Crippen LogP contribution in [-0.2, 0) is 6.61 Å². The van der Waals surface area contributed by atoms with Gasteiger partial charge in [0, 0.05) is 0 Å². The van der Waals surface area contributed by atoms with Gasteiger partial charge in [0.15, 0.2) is 4.47 Å². The molecule has 4 heteroatoms. The summed E-state index contributed by atoms with van der Waals surface area (Å²) in [6.07, 6.45) is 0. The van der Waals surface area contributed by atoms with E-state index in [0.717, 1.165) is 21.5 Å². The number of halogens is 1. The van der Waals surface area contributed by atoms with E-state index in [1.807, 2.05) is 48.5 Å². The fourth-order valence-electron chi connectivity index (χ4n) is 1.71. The maximum atomic E-state index is 5.87. The number of fused-ring (bicyclic) bond motifs is 1. The van der Waals surface area contributed by atoms with Crippen molar-refractivity contribution in [2.45, 2.75) is 6.61 Å². The Morgan fingerprint density at radius 3 is 2.78 bits per heavy atom. The number of nitrogens with zero attached hydrogens (tertiary/aromatic N) is 1. The first kappa shape index (κ1) is 11.5. The molecule has 1 aromatic heterocycles. The van der Waals surface area contributed by atoms with Gasteiger partial charge >= 0.3 is 0 Å². The molecule has 18 heavy (non-hydrogen) atoms. The molecule has 0 aliphatic rings. The molecular weight excluding hydrogens is 266 g/mol. The Morgan fingerprint density at radius 2 is 1.94 bits per heavy atom. The molecule has 0 radical (unpaired) electrons. The first-order chi connectivity index (χ1) is 8.81. The Labute approximate surface area is 114 Å². The SMILES string of the molecule is Clc1nc2ccc(OCc3ccccc3)cc2s1. The van der Waals surface area contributed by atoms with Gasteiger partial charge in [-0.15, -0.1) is 11.3 Å². The van der Waals surface area contributed by atoms with Crippen LogP contribution in [-0.4, -0.2) is 4.98 Å². The lowest BCUT2D eigenvalue weighted by atomic mass is 10.2. The molecule has 3 aromatic rings. The molecular formula is C14H10ClNOS. The van der Waals surface area contributed by atoms with Gasteiger partial charge in [0.2, 0.25) is 0 Å². The summed E-state index contributed by atoms with van der Waals surface area (Å²) >= 11 is 7.34. The van der Waals surface area contributed by atoms with Crippen LogP contribution in [0.3, 0.4) is 0 Å². The number of benzene rings is 2. The van der Waals surface area contributed by atoms with Crippen molar-refractivity contribution in [3.05, 3.63) is 58.6 Å². The van der Waals surface area contributed by atoms with Crippen LogP contribution in [0.1, 0.15) is 5.56 Å². The van der Waals surface area contributed by atoms with Gasteiger partial charge in [0.25, 0.3) is 0 Å². The summed E-state index contributed by atoms with van der Waals surface area (Å²) in [7, 11) is 0. The molecule has 0 aliphatic heterocycles. The average molecular weight is 276 g/mol. The molecule has 0 atom stereocenters. The highest BCUT2D eigenvalue weighted by atomic mass is 35.5. The zero-order chi connectivity index (χ0) is 12.4. The van der Waals surface area contributed by atoms with Gasteiger partial charge < -0.3 is 4.74 Å². The molecule has 2 nitrogen and oxygen atoms in total. The largest absolute Gasteiger partial charge is 0.489 e. The summed E-state index contributed by atoms with van der Waals surface area (Å²) < 4.78 is 7.35. The number of ether oxygens (including phenoxy) is 1. The predicted octanol–water partition coefficient (Wildman–Crippen LogP) is 4.53. The van der Waals surface area contributed by atoms with Crippen molar-refractivity contribution in [2.75, 3.05) is 0 Å². The summed E-state index contributed by atoms with van der Waals surface area (Å²) in [4.78, 5) is 4.20. The van der Waals surface area contributed by atoms with Gasteiger partial charge in [-0.25, -0.2) is 4.98 Å². The fourth-order valence-corrected chi connectivity index (χ4v) is 2.77. The Bertz CT molecular complexity index is 666. The quantitative estimate of drug-likeness (QED) is 0.701. The van der Waals surface area contributed by atoms with Gasteiger partial charge in [0.1, 0.15) is 12.4 Å². The molecule has 0 spiro atoms. The van der Waals surface area contributed by atoms with Crippen molar-refractivity contribution < 1.29 is 4.74 Å². The third-order valence-corrected chi connectivity index (χ3v) is 3.70. The number of aromatic nitrogens is 1. The van der Waals surface area contributed by atoms with Crippen molar-refractivity contribution in [1.29, 1.82) is 0 Å².